The fraction of sp³-hybridized carbons (Fsp3) is 0.0909. The van der Waals surface area contributed by atoms with E-state index in [1.165, 1.54) is 17.2 Å². The third-order valence-electron chi connectivity index (χ3n) is 2.02. The van der Waals surface area contributed by atoms with Crippen molar-refractivity contribution in [3.05, 3.63) is 48.4 Å². The molecule has 0 unspecified atom stereocenters. The van der Waals surface area contributed by atoms with Gasteiger partial charge in [0.05, 0.1) is 5.69 Å². The molecule has 0 bridgehead atoms. The van der Waals surface area contributed by atoms with Crippen LogP contribution in [0, 0.1) is 6.07 Å². The molecule has 0 saturated heterocycles. The molecule has 4 heteroatoms. The zero-order chi connectivity index (χ0) is 10.7. The van der Waals surface area contributed by atoms with Crippen molar-refractivity contribution in [1.29, 1.82) is 0 Å². The zero-order valence-electron chi connectivity index (χ0n) is 8.18. The molecular formula is C11H9N2O2. The van der Waals surface area contributed by atoms with E-state index in [2.05, 4.69) is 15.7 Å². The molecule has 1 heterocycles. The van der Waals surface area contributed by atoms with Crippen LogP contribution in [0.3, 0.4) is 0 Å². The van der Waals surface area contributed by atoms with Crippen LogP contribution in [0.4, 0.5) is 5.69 Å². The Hall–Kier alpha value is -2.10. The lowest BCUT2D eigenvalue weighted by Crippen LogP contribution is -2.26. The Morgan fingerprint density at radius 1 is 1.47 bits per heavy atom. The Morgan fingerprint density at radius 3 is 2.93 bits per heavy atom. The van der Waals surface area contributed by atoms with Gasteiger partial charge in [-0.1, -0.05) is 23.4 Å². The topological polar surface area (TPSA) is 46.3 Å². The molecule has 0 saturated carbocycles. The third kappa shape index (κ3) is 1.88. The van der Waals surface area contributed by atoms with Crippen molar-refractivity contribution < 1.29 is 9.32 Å². The van der Waals surface area contributed by atoms with E-state index in [1.807, 2.05) is 12.1 Å². The molecule has 15 heavy (non-hydrogen) atoms. The molecule has 2 aromatic rings. The molecule has 1 aromatic heterocycles. The number of benzene rings is 1. The summed E-state index contributed by atoms with van der Waals surface area (Å²) < 4.78 is 4.61. The Morgan fingerprint density at radius 2 is 2.33 bits per heavy atom. The van der Waals surface area contributed by atoms with Crippen LogP contribution in [0.15, 0.2) is 41.1 Å². The van der Waals surface area contributed by atoms with E-state index >= 15 is 0 Å². The highest BCUT2D eigenvalue weighted by atomic mass is 16.5. The Labute approximate surface area is 87.1 Å². The average molecular weight is 201 g/mol. The maximum absolute atomic E-state index is 11.8. The van der Waals surface area contributed by atoms with E-state index in [0.29, 0.717) is 5.69 Å². The second-order valence-corrected chi connectivity index (χ2v) is 3.00. The molecule has 1 amide bonds. The fourth-order valence-electron chi connectivity index (χ4n) is 1.20. The molecule has 2 rings (SSSR count). The standard InChI is InChI=1S/C11H9N2O2/c1-13(9-5-3-2-4-6-9)11(14)10-7-8-15-12-10/h2-5,7-8H,1H3. The van der Waals surface area contributed by atoms with Crippen LogP contribution in [0.2, 0.25) is 0 Å². The van der Waals surface area contributed by atoms with Gasteiger partial charge in [-0.3, -0.25) is 4.79 Å². The molecular weight excluding hydrogens is 192 g/mol. The van der Waals surface area contributed by atoms with Gasteiger partial charge in [-0.2, -0.15) is 0 Å². The maximum Gasteiger partial charge on any atom is 0.280 e. The summed E-state index contributed by atoms with van der Waals surface area (Å²) in [5.74, 6) is -0.216. The predicted octanol–water partition coefficient (Wildman–Crippen LogP) is 1.75. The smallest absolute Gasteiger partial charge is 0.280 e. The number of carbonyl (C=O) groups excluding carboxylic acids is 1. The molecule has 4 nitrogen and oxygen atoms in total. The van der Waals surface area contributed by atoms with Crippen molar-refractivity contribution in [3.63, 3.8) is 0 Å². The Bertz CT molecular complexity index is 437. The van der Waals surface area contributed by atoms with Gasteiger partial charge in [-0.05, 0) is 6.07 Å². The molecule has 0 N–H and O–H groups in total. The first kappa shape index (κ1) is 9.45. The number of carbonyl (C=O) groups is 1. The minimum Gasteiger partial charge on any atom is -0.364 e. The van der Waals surface area contributed by atoms with Gasteiger partial charge < -0.3 is 9.42 Å². The summed E-state index contributed by atoms with van der Waals surface area (Å²) in [5, 5.41) is 3.58. The van der Waals surface area contributed by atoms with Gasteiger partial charge in [0.15, 0.2) is 5.69 Å². The first-order chi connectivity index (χ1) is 7.29. The number of nitrogens with zero attached hydrogens (tertiary/aromatic N) is 2. The van der Waals surface area contributed by atoms with Crippen molar-refractivity contribution in [2.24, 2.45) is 0 Å². The number of anilines is 1. The molecule has 0 spiro atoms. The van der Waals surface area contributed by atoms with Crippen molar-refractivity contribution >= 4 is 11.6 Å². The van der Waals surface area contributed by atoms with Gasteiger partial charge in [-0.25, -0.2) is 0 Å². The predicted molar refractivity (Wildman–Crippen MR) is 54.5 cm³/mol. The van der Waals surface area contributed by atoms with Crippen molar-refractivity contribution in [1.82, 2.24) is 5.16 Å². The van der Waals surface area contributed by atoms with E-state index in [-0.39, 0.29) is 11.6 Å². The molecule has 75 valence electrons. The van der Waals surface area contributed by atoms with Crippen molar-refractivity contribution in [3.8, 4) is 0 Å². The molecule has 0 atom stereocenters. The van der Waals surface area contributed by atoms with E-state index < -0.39 is 0 Å². The summed E-state index contributed by atoms with van der Waals surface area (Å²) in [6.07, 6.45) is 1.37. The number of para-hydroxylation sites is 1. The van der Waals surface area contributed by atoms with Crippen LogP contribution in [-0.2, 0) is 0 Å². The lowest BCUT2D eigenvalue weighted by Gasteiger charge is -2.14. The highest BCUT2D eigenvalue weighted by Gasteiger charge is 2.15. The lowest BCUT2D eigenvalue weighted by molar-refractivity contribution is 0.0984. The summed E-state index contributed by atoms with van der Waals surface area (Å²) in [4.78, 5) is 13.3. The molecule has 0 aliphatic carbocycles. The SMILES string of the molecule is CN(C(=O)c1ccon1)c1[c]cccc1. The van der Waals surface area contributed by atoms with E-state index in [1.54, 1.807) is 19.2 Å². The highest BCUT2D eigenvalue weighted by Crippen LogP contribution is 2.12. The minimum absolute atomic E-state index is 0.216. The summed E-state index contributed by atoms with van der Waals surface area (Å²) in [6, 6.07) is 11.7. The van der Waals surface area contributed by atoms with Crippen LogP contribution in [0.5, 0.6) is 0 Å². The van der Waals surface area contributed by atoms with Gasteiger partial charge >= 0.3 is 0 Å². The number of hydrogen-bond donors (Lipinski definition) is 0. The maximum atomic E-state index is 11.8. The van der Waals surface area contributed by atoms with Crippen molar-refractivity contribution in [2.75, 3.05) is 11.9 Å². The first-order valence-electron chi connectivity index (χ1n) is 4.44. The number of rotatable bonds is 2. The average Bonchev–Trinajstić information content (AvgIpc) is 2.82. The van der Waals surface area contributed by atoms with Gasteiger partial charge in [0.1, 0.15) is 6.26 Å². The number of aromatic nitrogens is 1. The van der Waals surface area contributed by atoms with E-state index in [4.69, 9.17) is 0 Å². The lowest BCUT2D eigenvalue weighted by atomic mass is 10.3. The Kier molecular flexibility index (Phi) is 2.49. The second-order valence-electron chi connectivity index (χ2n) is 3.00. The van der Waals surface area contributed by atoms with Crippen LogP contribution >= 0.6 is 0 Å². The summed E-state index contributed by atoms with van der Waals surface area (Å²) >= 11 is 0. The number of amides is 1. The zero-order valence-corrected chi connectivity index (χ0v) is 8.18. The van der Waals surface area contributed by atoms with Crippen LogP contribution in [0.25, 0.3) is 0 Å². The first-order valence-corrected chi connectivity index (χ1v) is 4.44. The third-order valence-corrected chi connectivity index (χ3v) is 2.02. The second kappa shape index (κ2) is 3.96. The molecule has 0 aliphatic rings. The summed E-state index contributed by atoms with van der Waals surface area (Å²) in [7, 11) is 1.67. The van der Waals surface area contributed by atoms with E-state index in [0.717, 1.165) is 0 Å². The monoisotopic (exact) mass is 201 g/mol. The highest BCUT2D eigenvalue weighted by molar-refractivity contribution is 6.04. The van der Waals surface area contributed by atoms with Crippen molar-refractivity contribution in [2.45, 2.75) is 0 Å². The van der Waals surface area contributed by atoms with E-state index in [9.17, 15) is 4.79 Å². The normalized spacial score (nSPS) is 9.93. The Balaban J connectivity index is 2.23. The van der Waals surface area contributed by atoms with Gasteiger partial charge in [0.2, 0.25) is 0 Å². The summed E-state index contributed by atoms with van der Waals surface area (Å²) in [6.45, 7) is 0. The fourth-order valence-corrected chi connectivity index (χ4v) is 1.20. The van der Waals surface area contributed by atoms with Gasteiger partial charge in [-0.15, -0.1) is 0 Å². The minimum atomic E-state index is -0.216. The molecule has 1 aromatic carbocycles. The van der Waals surface area contributed by atoms with Crippen LogP contribution in [0.1, 0.15) is 10.5 Å². The molecule has 1 radical (unpaired) electrons. The quantitative estimate of drug-likeness (QED) is 0.743. The molecule has 0 aliphatic heterocycles. The largest absolute Gasteiger partial charge is 0.364 e. The van der Waals surface area contributed by atoms with Gasteiger partial charge in [0.25, 0.3) is 5.91 Å². The van der Waals surface area contributed by atoms with Crippen LogP contribution in [-0.4, -0.2) is 18.1 Å². The molecule has 0 fully saturated rings. The van der Waals surface area contributed by atoms with Crippen LogP contribution < -0.4 is 4.90 Å². The number of hydrogen-bond acceptors (Lipinski definition) is 3. The van der Waals surface area contributed by atoms with Gasteiger partial charge in [0, 0.05) is 19.2 Å². The summed E-state index contributed by atoms with van der Waals surface area (Å²) in [5.41, 5.74) is 0.986.